The second-order valence-electron chi connectivity index (χ2n) is 7.02. The van der Waals surface area contributed by atoms with Crippen LogP contribution in [0.3, 0.4) is 0 Å². The maximum absolute atomic E-state index is 12.4. The summed E-state index contributed by atoms with van der Waals surface area (Å²) in [4.78, 5) is 26.4. The number of anilines is 1. The molecule has 0 aromatic heterocycles. The van der Waals surface area contributed by atoms with E-state index < -0.39 is 0 Å². The number of unbranched alkanes of at least 4 members (excludes halogenated alkanes) is 1. The zero-order chi connectivity index (χ0) is 17.5. The van der Waals surface area contributed by atoms with Gasteiger partial charge in [-0.1, -0.05) is 39.3 Å². The first-order valence-electron chi connectivity index (χ1n) is 9.19. The minimum atomic E-state index is 0.00463. The van der Waals surface area contributed by atoms with Gasteiger partial charge in [-0.2, -0.15) is 0 Å². The third-order valence-corrected chi connectivity index (χ3v) is 4.81. The van der Waals surface area contributed by atoms with E-state index >= 15 is 0 Å². The van der Waals surface area contributed by atoms with Crippen LogP contribution in [-0.4, -0.2) is 29.8 Å². The van der Waals surface area contributed by atoms with Crippen LogP contribution >= 0.6 is 0 Å². The Morgan fingerprint density at radius 1 is 1.17 bits per heavy atom. The number of hydrogen-bond donors (Lipinski definition) is 1. The van der Waals surface area contributed by atoms with Gasteiger partial charge >= 0.3 is 0 Å². The van der Waals surface area contributed by atoms with Crippen molar-refractivity contribution in [2.45, 2.75) is 58.8 Å². The van der Waals surface area contributed by atoms with Gasteiger partial charge in [0.25, 0.3) is 0 Å². The Kier molecular flexibility index (Phi) is 6.83. The van der Waals surface area contributed by atoms with Crippen molar-refractivity contribution in [3.63, 3.8) is 0 Å². The quantitative estimate of drug-likeness (QED) is 0.851. The van der Waals surface area contributed by atoms with Gasteiger partial charge in [0.15, 0.2) is 0 Å². The molecule has 1 aromatic rings. The predicted molar refractivity (Wildman–Crippen MR) is 98.0 cm³/mol. The van der Waals surface area contributed by atoms with E-state index in [2.05, 4.69) is 38.2 Å². The topological polar surface area (TPSA) is 49.4 Å². The highest BCUT2D eigenvalue weighted by atomic mass is 16.2. The van der Waals surface area contributed by atoms with Crippen LogP contribution < -0.4 is 5.32 Å². The van der Waals surface area contributed by atoms with Crippen LogP contribution in [0.4, 0.5) is 5.69 Å². The van der Waals surface area contributed by atoms with E-state index in [4.69, 9.17) is 0 Å². The lowest BCUT2D eigenvalue weighted by molar-refractivity contribution is -0.134. The van der Waals surface area contributed by atoms with Crippen LogP contribution in [-0.2, 0) is 9.59 Å². The number of carbonyl (C=O) groups is 2. The van der Waals surface area contributed by atoms with Crippen LogP contribution in [0.5, 0.6) is 0 Å². The minimum Gasteiger partial charge on any atom is -0.343 e. The van der Waals surface area contributed by atoms with Gasteiger partial charge < -0.3 is 10.2 Å². The summed E-state index contributed by atoms with van der Waals surface area (Å²) < 4.78 is 0. The Morgan fingerprint density at radius 2 is 1.79 bits per heavy atom. The highest BCUT2D eigenvalue weighted by molar-refractivity contribution is 5.92. The molecule has 1 aromatic carbocycles. The summed E-state index contributed by atoms with van der Waals surface area (Å²) in [6.07, 6.45) is 4.14. The number of nitrogens with zero attached hydrogens (tertiary/aromatic N) is 1. The molecule has 0 bridgehead atoms. The molecule has 0 aliphatic carbocycles. The monoisotopic (exact) mass is 330 g/mol. The smallest absolute Gasteiger partial charge is 0.227 e. The number of carbonyl (C=O) groups excluding carboxylic acids is 2. The van der Waals surface area contributed by atoms with Crippen molar-refractivity contribution in [3.8, 4) is 0 Å². The summed E-state index contributed by atoms with van der Waals surface area (Å²) in [6, 6.07) is 8.07. The van der Waals surface area contributed by atoms with Gasteiger partial charge in [0.2, 0.25) is 11.8 Å². The SMILES string of the molecule is CCCCC(=O)N1CCC(C(=O)Nc2ccc(C(C)C)cc2)CC1. The number of benzene rings is 1. The van der Waals surface area contributed by atoms with Gasteiger partial charge in [0.05, 0.1) is 0 Å². The summed E-state index contributed by atoms with van der Waals surface area (Å²) >= 11 is 0. The van der Waals surface area contributed by atoms with Crippen molar-refractivity contribution in [2.24, 2.45) is 5.92 Å². The molecule has 1 aliphatic heterocycles. The summed E-state index contributed by atoms with van der Waals surface area (Å²) in [5, 5.41) is 3.01. The first-order chi connectivity index (χ1) is 11.5. The van der Waals surface area contributed by atoms with Gasteiger partial charge in [-0.05, 0) is 42.9 Å². The molecule has 1 aliphatic rings. The molecule has 0 saturated carbocycles. The lowest BCUT2D eigenvalue weighted by atomic mass is 9.95. The van der Waals surface area contributed by atoms with E-state index in [-0.39, 0.29) is 17.7 Å². The van der Waals surface area contributed by atoms with Gasteiger partial charge in [-0.15, -0.1) is 0 Å². The summed E-state index contributed by atoms with van der Waals surface area (Å²) in [5.74, 6) is 0.808. The molecule has 4 nitrogen and oxygen atoms in total. The molecule has 1 N–H and O–H groups in total. The van der Waals surface area contributed by atoms with Crippen molar-refractivity contribution < 1.29 is 9.59 Å². The number of piperidine rings is 1. The molecule has 0 spiro atoms. The molecular weight excluding hydrogens is 300 g/mol. The van der Waals surface area contributed by atoms with E-state index in [0.717, 1.165) is 31.4 Å². The molecule has 132 valence electrons. The number of likely N-dealkylation sites (tertiary alicyclic amines) is 1. The zero-order valence-electron chi connectivity index (χ0n) is 15.2. The summed E-state index contributed by atoms with van der Waals surface area (Å²) in [7, 11) is 0. The van der Waals surface area contributed by atoms with E-state index in [1.165, 1.54) is 5.56 Å². The molecule has 0 radical (unpaired) electrons. The van der Waals surface area contributed by atoms with Crippen molar-refractivity contribution in [2.75, 3.05) is 18.4 Å². The van der Waals surface area contributed by atoms with Crippen LogP contribution in [0.15, 0.2) is 24.3 Å². The molecule has 24 heavy (non-hydrogen) atoms. The van der Waals surface area contributed by atoms with E-state index in [9.17, 15) is 9.59 Å². The van der Waals surface area contributed by atoms with Crippen molar-refractivity contribution in [3.05, 3.63) is 29.8 Å². The molecular formula is C20H30N2O2. The van der Waals surface area contributed by atoms with Gasteiger partial charge in [-0.25, -0.2) is 0 Å². The van der Waals surface area contributed by atoms with E-state index in [1.807, 2.05) is 17.0 Å². The predicted octanol–water partition coefficient (Wildman–Crippen LogP) is 4.18. The number of rotatable bonds is 6. The Morgan fingerprint density at radius 3 is 2.33 bits per heavy atom. The number of nitrogens with one attached hydrogen (secondary N) is 1. The van der Waals surface area contributed by atoms with E-state index in [1.54, 1.807) is 0 Å². The van der Waals surface area contributed by atoms with Crippen LogP contribution in [0.2, 0.25) is 0 Å². The number of hydrogen-bond acceptors (Lipinski definition) is 2. The first kappa shape index (κ1) is 18.5. The third-order valence-electron chi connectivity index (χ3n) is 4.81. The zero-order valence-corrected chi connectivity index (χ0v) is 15.2. The maximum Gasteiger partial charge on any atom is 0.227 e. The average Bonchev–Trinajstić information content (AvgIpc) is 2.60. The average molecular weight is 330 g/mol. The van der Waals surface area contributed by atoms with Crippen molar-refractivity contribution in [1.29, 1.82) is 0 Å². The Hall–Kier alpha value is -1.84. The summed E-state index contributed by atoms with van der Waals surface area (Å²) in [5.41, 5.74) is 2.12. The van der Waals surface area contributed by atoms with Gasteiger partial charge in [0.1, 0.15) is 0 Å². The highest BCUT2D eigenvalue weighted by Crippen LogP contribution is 2.22. The molecule has 4 heteroatoms. The minimum absolute atomic E-state index is 0.00463. The standard InChI is InChI=1S/C20H30N2O2/c1-4-5-6-19(23)22-13-11-17(12-14-22)20(24)21-18-9-7-16(8-10-18)15(2)3/h7-10,15,17H,4-6,11-14H2,1-3H3,(H,21,24). The Bertz CT molecular complexity index is 543. The fourth-order valence-electron chi connectivity index (χ4n) is 3.07. The Labute approximate surface area is 145 Å². The lowest BCUT2D eigenvalue weighted by Gasteiger charge is -2.31. The highest BCUT2D eigenvalue weighted by Gasteiger charge is 2.27. The Balaban J connectivity index is 1.81. The third kappa shape index (κ3) is 5.08. The molecule has 0 unspecified atom stereocenters. The molecule has 1 heterocycles. The molecule has 2 rings (SSSR count). The first-order valence-corrected chi connectivity index (χ1v) is 9.19. The molecule has 1 saturated heterocycles. The molecule has 0 atom stereocenters. The molecule has 1 fully saturated rings. The second-order valence-corrected chi connectivity index (χ2v) is 7.02. The largest absolute Gasteiger partial charge is 0.343 e. The second kappa shape index (κ2) is 8.86. The van der Waals surface area contributed by atoms with Gasteiger partial charge in [0, 0.05) is 31.1 Å². The van der Waals surface area contributed by atoms with Crippen LogP contribution in [0, 0.1) is 5.92 Å². The normalized spacial score (nSPS) is 15.6. The maximum atomic E-state index is 12.4. The van der Waals surface area contributed by atoms with Crippen molar-refractivity contribution in [1.82, 2.24) is 4.90 Å². The fourth-order valence-corrected chi connectivity index (χ4v) is 3.07. The lowest BCUT2D eigenvalue weighted by Crippen LogP contribution is -2.41. The summed E-state index contributed by atoms with van der Waals surface area (Å²) in [6.45, 7) is 7.81. The van der Waals surface area contributed by atoms with Crippen LogP contribution in [0.25, 0.3) is 0 Å². The van der Waals surface area contributed by atoms with E-state index in [0.29, 0.717) is 25.4 Å². The van der Waals surface area contributed by atoms with Gasteiger partial charge in [-0.3, -0.25) is 9.59 Å². The van der Waals surface area contributed by atoms with Crippen molar-refractivity contribution >= 4 is 17.5 Å². The number of amides is 2. The van der Waals surface area contributed by atoms with Crippen LogP contribution in [0.1, 0.15) is 64.4 Å². The fraction of sp³-hybridized carbons (Fsp3) is 0.600. The molecule has 2 amide bonds.